The summed E-state index contributed by atoms with van der Waals surface area (Å²) in [7, 11) is -3.03. The molecule has 0 aromatic heterocycles. The van der Waals surface area contributed by atoms with Gasteiger partial charge in [-0.15, -0.1) is 0 Å². The highest BCUT2D eigenvalue weighted by Gasteiger charge is 2.33. The van der Waals surface area contributed by atoms with Gasteiger partial charge in [0.1, 0.15) is 0 Å². The first-order chi connectivity index (χ1) is 10.4. The largest absolute Gasteiger partial charge is 0.372 e. The minimum Gasteiger partial charge on any atom is -0.372 e. The maximum atomic E-state index is 12.2. The second-order valence-corrected chi connectivity index (χ2v) is 8.51. The number of sulfone groups is 1. The quantitative estimate of drug-likeness (QED) is 0.924. The molecule has 2 fully saturated rings. The topological polar surface area (TPSA) is 66.5 Å². The van der Waals surface area contributed by atoms with Crippen molar-refractivity contribution >= 4 is 27.1 Å². The molecule has 1 amide bonds. The maximum Gasteiger partial charge on any atom is 0.228 e. The van der Waals surface area contributed by atoms with Gasteiger partial charge in [-0.1, -0.05) is 0 Å². The summed E-state index contributed by atoms with van der Waals surface area (Å²) < 4.78 is 22.9. The normalized spacial score (nSPS) is 23.7. The van der Waals surface area contributed by atoms with Crippen molar-refractivity contribution in [2.24, 2.45) is 5.92 Å². The van der Waals surface area contributed by atoms with Gasteiger partial charge in [-0.25, -0.2) is 8.42 Å². The lowest BCUT2D eigenvalue weighted by molar-refractivity contribution is -0.119. The monoisotopic (exact) mass is 322 g/mol. The highest BCUT2D eigenvalue weighted by atomic mass is 32.2. The van der Waals surface area contributed by atoms with Crippen LogP contribution in [0.25, 0.3) is 0 Å². The van der Waals surface area contributed by atoms with Gasteiger partial charge in [-0.05, 0) is 49.9 Å². The van der Waals surface area contributed by atoms with E-state index in [0.29, 0.717) is 6.42 Å². The third kappa shape index (κ3) is 3.27. The maximum absolute atomic E-state index is 12.2. The molecule has 1 atom stereocenters. The van der Waals surface area contributed by atoms with E-state index in [9.17, 15) is 13.2 Å². The average Bonchev–Trinajstić information content (AvgIpc) is 3.10. The summed E-state index contributed by atoms with van der Waals surface area (Å²) in [5.41, 5.74) is 2.98. The molecule has 0 unspecified atom stereocenters. The number of hydrogen-bond acceptors (Lipinski definition) is 4. The third-order valence-corrected chi connectivity index (χ3v) is 6.31. The van der Waals surface area contributed by atoms with Crippen LogP contribution in [0.15, 0.2) is 18.2 Å². The molecular weight excluding hydrogens is 300 g/mol. The molecule has 0 radical (unpaired) electrons. The minimum atomic E-state index is -3.03. The lowest BCUT2D eigenvalue weighted by Gasteiger charge is -2.19. The number of amides is 1. The number of anilines is 2. The van der Waals surface area contributed by atoms with Gasteiger partial charge in [0.2, 0.25) is 5.91 Å². The molecule has 2 saturated heterocycles. The molecule has 5 nitrogen and oxygen atoms in total. The zero-order chi connectivity index (χ0) is 15.7. The number of hydrogen-bond donors (Lipinski definition) is 1. The molecule has 22 heavy (non-hydrogen) atoms. The van der Waals surface area contributed by atoms with Gasteiger partial charge in [0, 0.05) is 24.5 Å². The van der Waals surface area contributed by atoms with Crippen molar-refractivity contribution in [3.63, 3.8) is 0 Å². The first kappa shape index (κ1) is 15.3. The second kappa shape index (κ2) is 5.91. The summed E-state index contributed by atoms with van der Waals surface area (Å²) >= 11 is 0. The van der Waals surface area contributed by atoms with Crippen LogP contribution in [-0.4, -0.2) is 38.9 Å². The van der Waals surface area contributed by atoms with E-state index in [2.05, 4.69) is 16.3 Å². The van der Waals surface area contributed by atoms with Crippen molar-refractivity contribution in [2.75, 3.05) is 34.8 Å². The SMILES string of the molecule is Cc1cc(N2CCCC2)ccc1NC(=O)[C@H]1CCS(=O)(=O)C1. The molecule has 120 valence electrons. The van der Waals surface area contributed by atoms with E-state index < -0.39 is 15.8 Å². The Hall–Kier alpha value is -1.56. The van der Waals surface area contributed by atoms with Gasteiger partial charge < -0.3 is 10.2 Å². The van der Waals surface area contributed by atoms with Crippen LogP contribution in [-0.2, 0) is 14.6 Å². The molecule has 0 aliphatic carbocycles. The van der Waals surface area contributed by atoms with E-state index in [1.165, 1.54) is 18.5 Å². The Bertz CT molecular complexity index is 679. The molecule has 6 heteroatoms. The van der Waals surface area contributed by atoms with Crippen molar-refractivity contribution in [1.29, 1.82) is 0 Å². The molecule has 1 N–H and O–H groups in total. The van der Waals surface area contributed by atoms with E-state index in [4.69, 9.17) is 0 Å². The molecule has 0 bridgehead atoms. The van der Waals surface area contributed by atoms with Crippen molar-refractivity contribution in [3.8, 4) is 0 Å². The predicted octanol–water partition coefficient (Wildman–Crippen LogP) is 1.97. The summed E-state index contributed by atoms with van der Waals surface area (Å²) in [5, 5.41) is 2.89. The molecule has 1 aromatic carbocycles. The fourth-order valence-corrected chi connectivity index (χ4v) is 4.94. The Morgan fingerprint density at radius 1 is 1.27 bits per heavy atom. The lowest BCUT2D eigenvalue weighted by atomic mass is 10.1. The number of rotatable bonds is 3. The average molecular weight is 322 g/mol. The van der Waals surface area contributed by atoms with E-state index in [1.54, 1.807) is 0 Å². The van der Waals surface area contributed by atoms with Gasteiger partial charge in [0.05, 0.1) is 17.4 Å². The van der Waals surface area contributed by atoms with Crippen molar-refractivity contribution in [3.05, 3.63) is 23.8 Å². The van der Waals surface area contributed by atoms with E-state index in [1.807, 2.05) is 19.1 Å². The summed E-state index contributed by atoms with van der Waals surface area (Å²) in [6, 6.07) is 6.04. The third-order valence-electron chi connectivity index (χ3n) is 4.54. The van der Waals surface area contributed by atoms with Gasteiger partial charge in [-0.2, -0.15) is 0 Å². The molecule has 0 saturated carbocycles. The predicted molar refractivity (Wildman–Crippen MR) is 88.0 cm³/mol. The Labute approximate surface area is 131 Å². The second-order valence-electron chi connectivity index (χ2n) is 6.28. The summed E-state index contributed by atoms with van der Waals surface area (Å²) in [6.45, 7) is 4.15. The summed E-state index contributed by atoms with van der Waals surface area (Å²) in [6.07, 6.45) is 2.89. The van der Waals surface area contributed by atoms with Crippen LogP contribution < -0.4 is 10.2 Å². The Kier molecular flexibility index (Phi) is 4.12. The molecule has 1 aromatic rings. The van der Waals surface area contributed by atoms with Crippen molar-refractivity contribution in [1.82, 2.24) is 0 Å². The standard InChI is InChI=1S/C16H22N2O3S/c1-12-10-14(18-7-2-3-8-18)4-5-15(12)17-16(19)13-6-9-22(20,21)11-13/h4-5,10,13H,2-3,6-9,11H2,1H3,(H,17,19)/t13-/m0/s1. The first-order valence-electron chi connectivity index (χ1n) is 7.81. The van der Waals surface area contributed by atoms with Crippen LogP contribution in [0.1, 0.15) is 24.8 Å². The minimum absolute atomic E-state index is 0.0241. The van der Waals surface area contributed by atoms with E-state index in [-0.39, 0.29) is 17.4 Å². The lowest BCUT2D eigenvalue weighted by Crippen LogP contribution is -2.24. The van der Waals surface area contributed by atoms with Crippen molar-refractivity contribution < 1.29 is 13.2 Å². The Morgan fingerprint density at radius 3 is 2.59 bits per heavy atom. The number of carbonyl (C=O) groups excluding carboxylic acids is 1. The van der Waals surface area contributed by atoms with Crippen LogP contribution in [0.4, 0.5) is 11.4 Å². The Balaban J connectivity index is 1.69. The summed E-state index contributed by atoms with van der Waals surface area (Å²) in [5.74, 6) is -0.498. The molecule has 2 heterocycles. The highest BCUT2D eigenvalue weighted by molar-refractivity contribution is 7.91. The number of nitrogens with zero attached hydrogens (tertiary/aromatic N) is 1. The van der Waals surface area contributed by atoms with Crippen molar-refractivity contribution in [2.45, 2.75) is 26.2 Å². The Morgan fingerprint density at radius 2 is 2.00 bits per heavy atom. The van der Waals surface area contributed by atoms with E-state index in [0.717, 1.165) is 24.3 Å². The number of nitrogens with one attached hydrogen (secondary N) is 1. The smallest absolute Gasteiger partial charge is 0.228 e. The van der Waals surface area contributed by atoms with Gasteiger partial charge in [-0.3, -0.25) is 4.79 Å². The highest BCUT2D eigenvalue weighted by Crippen LogP contribution is 2.27. The van der Waals surface area contributed by atoms with Crippen LogP contribution in [0.5, 0.6) is 0 Å². The van der Waals surface area contributed by atoms with Crippen LogP contribution >= 0.6 is 0 Å². The van der Waals surface area contributed by atoms with Crippen LogP contribution in [0.2, 0.25) is 0 Å². The first-order valence-corrected chi connectivity index (χ1v) is 9.64. The fourth-order valence-electron chi connectivity index (χ4n) is 3.20. The zero-order valence-corrected chi connectivity index (χ0v) is 13.7. The van der Waals surface area contributed by atoms with Crippen LogP contribution in [0, 0.1) is 12.8 Å². The molecule has 0 spiro atoms. The zero-order valence-electron chi connectivity index (χ0n) is 12.8. The molecule has 2 aliphatic heterocycles. The number of aryl methyl sites for hydroxylation is 1. The molecular formula is C16H22N2O3S. The summed E-state index contributed by atoms with van der Waals surface area (Å²) in [4.78, 5) is 14.6. The van der Waals surface area contributed by atoms with Gasteiger partial charge in [0.25, 0.3) is 0 Å². The van der Waals surface area contributed by atoms with E-state index >= 15 is 0 Å². The molecule has 2 aliphatic rings. The fraction of sp³-hybridized carbons (Fsp3) is 0.562. The van der Waals surface area contributed by atoms with Gasteiger partial charge in [0.15, 0.2) is 9.84 Å². The van der Waals surface area contributed by atoms with Gasteiger partial charge >= 0.3 is 0 Å². The number of carbonyl (C=O) groups is 1. The number of benzene rings is 1. The van der Waals surface area contributed by atoms with Crippen LogP contribution in [0.3, 0.4) is 0 Å². The molecule has 3 rings (SSSR count).